The molecule has 3 aromatic rings. The summed E-state index contributed by atoms with van der Waals surface area (Å²) in [6.07, 6.45) is 3.03. The molecule has 0 aliphatic carbocycles. The fourth-order valence-electron chi connectivity index (χ4n) is 2.87. The summed E-state index contributed by atoms with van der Waals surface area (Å²) in [4.78, 5) is 24.1. The number of hydrogen-bond donors (Lipinski definition) is 1. The van der Waals surface area contributed by atoms with Gasteiger partial charge in [0.15, 0.2) is 11.5 Å². The van der Waals surface area contributed by atoms with Gasteiger partial charge in [-0.1, -0.05) is 48.5 Å². The van der Waals surface area contributed by atoms with Crippen LogP contribution in [0.4, 0.5) is 5.69 Å². The maximum atomic E-state index is 12.3. The summed E-state index contributed by atoms with van der Waals surface area (Å²) in [5, 5.41) is 2.69. The van der Waals surface area contributed by atoms with Crippen molar-refractivity contribution in [3.63, 3.8) is 0 Å². The van der Waals surface area contributed by atoms with Crippen LogP contribution >= 0.6 is 0 Å². The van der Waals surface area contributed by atoms with E-state index < -0.39 is 5.97 Å². The highest BCUT2D eigenvalue weighted by Gasteiger charge is 2.12. The van der Waals surface area contributed by atoms with E-state index in [0.717, 1.165) is 11.1 Å². The predicted molar refractivity (Wildman–Crippen MR) is 119 cm³/mol. The normalized spacial score (nSPS) is 10.5. The molecule has 6 nitrogen and oxygen atoms in total. The number of anilines is 1. The van der Waals surface area contributed by atoms with Crippen molar-refractivity contribution in [3.05, 3.63) is 95.6 Å². The third kappa shape index (κ3) is 5.96. The molecular formula is C25H23NO5. The van der Waals surface area contributed by atoms with E-state index in [2.05, 4.69) is 5.32 Å². The molecule has 0 aromatic heterocycles. The van der Waals surface area contributed by atoms with Crippen LogP contribution < -0.4 is 14.8 Å². The maximum Gasteiger partial charge on any atom is 0.339 e. The highest BCUT2D eigenvalue weighted by Crippen LogP contribution is 2.29. The van der Waals surface area contributed by atoms with E-state index in [1.807, 2.05) is 36.4 Å². The molecule has 6 heteroatoms. The minimum atomic E-state index is -0.518. The number of methoxy groups -OCH3 is 2. The molecule has 0 saturated carbocycles. The number of amides is 1. The molecule has 31 heavy (non-hydrogen) atoms. The maximum absolute atomic E-state index is 12.3. The summed E-state index contributed by atoms with van der Waals surface area (Å²) in [5.74, 6) is 0.282. The van der Waals surface area contributed by atoms with Crippen molar-refractivity contribution in [1.29, 1.82) is 0 Å². The van der Waals surface area contributed by atoms with Gasteiger partial charge >= 0.3 is 5.97 Å². The molecule has 158 valence electrons. The zero-order valence-corrected chi connectivity index (χ0v) is 17.3. The molecule has 0 aliphatic heterocycles. The molecule has 0 saturated heterocycles. The summed E-state index contributed by atoms with van der Waals surface area (Å²) in [7, 11) is 2.86. The van der Waals surface area contributed by atoms with Crippen molar-refractivity contribution in [1.82, 2.24) is 0 Å². The van der Waals surface area contributed by atoms with Gasteiger partial charge in [0.25, 0.3) is 0 Å². The van der Waals surface area contributed by atoms with Crippen molar-refractivity contribution in [2.75, 3.05) is 19.5 Å². The largest absolute Gasteiger partial charge is 0.493 e. The van der Waals surface area contributed by atoms with Gasteiger partial charge in [0.05, 0.1) is 25.5 Å². The van der Waals surface area contributed by atoms with Crippen LogP contribution in [0.1, 0.15) is 21.5 Å². The molecule has 0 fully saturated rings. The van der Waals surface area contributed by atoms with E-state index in [0.29, 0.717) is 23.8 Å². The van der Waals surface area contributed by atoms with Gasteiger partial charge in [-0.05, 0) is 41.5 Å². The number of carbonyl (C=O) groups is 2. The molecule has 3 aromatic carbocycles. The Balaban J connectivity index is 1.67. The van der Waals surface area contributed by atoms with Crippen molar-refractivity contribution in [2.24, 2.45) is 0 Å². The van der Waals surface area contributed by atoms with Crippen LogP contribution in [0.5, 0.6) is 11.5 Å². The Morgan fingerprint density at radius 1 is 0.903 bits per heavy atom. The molecular weight excluding hydrogens is 394 g/mol. The second-order valence-electron chi connectivity index (χ2n) is 6.54. The Kier molecular flexibility index (Phi) is 7.43. The van der Waals surface area contributed by atoms with Gasteiger partial charge in [-0.15, -0.1) is 0 Å². The first-order valence-corrected chi connectivity index (χ1v) is 9.62. The number of carbonyl (C=O) groups excluding carboxylic acids is 2. The summed E-state index contributed by atoms with van der Waals surface area (Å²) >= 11 is 0. The molecule has 0 bridgehead atoms. The van der Waals surface area contributed by atoms with Crippen LogP contribution in [0.2, 0.25) is 0 Å². The Morgan fingerprint density at radius 2 is 1.65 bits per heavy atom. The molecule has 0 radical (unpaired) electrons. The minimum absolute atomic E-state index is 0.285. The molecule has 1 N–H and O–H groups in total. The number of esters is 1. The van der Waals surface area contributed by atoms with Gasteiger partial charge in [-0.25, -0.2) is 4.79 Å². The fraction of sp³-hybridized carbons (Fsp3) is 0.120. The lowest BCUT2D eigenvalue weighted by Crippen LogP contribution is -2.12. The van der Waals surface area contributed by atoms with Gasteiger partial charge in [-0.3, -0.25) is 4.79 Å². The van der Waals surface area contributed by atoms with Gasteiger partial charge < -0.3 is 19.5 Å². The molecule has 0 unspecified atom stereocenters. The zero-order valence-electron chi connectivity index (χ0n) is 17.3. The Labute approximate surface area is 181 Å². The average Bonchev–Trinajstić information content (AvgIpc) is 2.82. The molecule has 0 heterocycles. The third-order valence-electron chi connectivity index (χ3n) is 4.44. The number of para-hydroxylation sites is 1. The number of rotatable bonds is 8. The van der Waals surface area contributed by atoms with Crippen molar-refractivity contribution >= 4 is 23.6 Å². The summed E-state index contributed by atoms with van der Waals surface area (Å²) < 4.78 is 16.0. The van der Waals surface area contributed by atoms with Gasteiger partial charge in [0, 0.05) is 6.08 Å². The van der Waals surface area contributed by atoms with E-state index in [4.69, 9.17) is 14.2 Å². The SMILES string of the molecule is COC(=O)c1ccccc1NC(=O)C=Cc1ccc(OCc2ccccc2)c(OC)c1. The van der Waals surface area contributed by atoms with Crippen LogP contribution in [-0.4, -0.2) is 26.1 Å². The standard InChI is InChI=1S/C25H23NO5/c1-29-23-16-18(12-14-22(23)31-17-19-8-4-3-5-9-19)13-15-24(27)26-21-11-7-6-10-20(21)25(28)30-2/h3-16H,17H2,1-2H3,(H,26,27). The van der Waals surface area contributed by atoms with Crippen LogP contribution in [0.3, 0.4) is 0 Å². The van der Waals surface area contributed by atoms with Gasteiger partial charge in [0.1, 0.15) is 6.61 Å². The lowest BCUT2D eigenvalue weighted by atomic mass is 10.1. The summed E-state index contributed by atoms with van der Waals surface area (Å²) in [6.45, 7) is 0.425. The first-order chi connectivity index (χ1) is 15.1. The second-order valence-corrected chi connectivity index (χ2v) is 6.54. The fourth-order valence-corrected chi connectivity index (χ4v) is 2.87. The van der Waals surface area contributed by atoms with E-state index in [-0.39, 0.29) is 11.5 Å². The molecule has 3 rings (SSSR count). The Hall–Kier alpha value is -4.06. The van der Waals surface area contributed by atoms with Crippen LogP contribution in [0, 0.1) is 0 Å². The van der Waals surface area contributed by atoms with Crippen molar-refractivity contribution in [3.8, 4) is 11.5 Å². The lowest BCUT2D eigenvalue weighted by Gasteiger charge is -2.11. The zero-order chi connectivity index (χ0) is 22.1. The average molecular weight is 417 g/mol. The highest BCUT2D eigenvalue weighted by molar-refractivity contribution is 6.06. The quantitative estimate of drug-likeness (QED) is 0.424. The van der Waals surface area contributed by atoms with E-state index in [1.165, 1.54) is 13.2 Å². The monoisotopic (exact) mass is 417 g/mol. The van der Waals surface area contributed by atoms with Crippen LogP contribution in [0.15, 0.2) is 78.9 Å². The summed E-state index contributed by atoms with van der Waals surface area (Å²) in [6, 6.07) is 21.9. The Bertz CT molecular complexity index is 1080. The minimum Gasteiger partial charge on any atom is -0.493 e. The summed E-state index contributed by atoms with van der Waals surface area (Å²) in [5.41, 5.74) is 2.48. The second kappa shape index (κ2) is 10.6. The topological polar surface area (TPSA) is 73.9 Å². The molecule has 0 atom stereocenters. The van der Waals surface area contributed by atoms with E-state index in [9.17, 15) is 9.59 Å². The molecule has 0 spiro atoms. The first kappa shape index (κ1) is 21.6. The van der Waals surface area contributed by atoms with E-state index >= 15 is 0 Å². The number of ether oxygens (including phenoxy) is 3. The first-order valence-electron chi connectivity index (χ1n) is 9.62. The van der Waals surface area contributed by atoms with Crippen molar-refractivity contribution in [2.45, 2.75) is 6.61 Å². The lowest BCUT2D eigenvalue weighted by molar-refractivity contribution is -0.111. The van der Waals surface area contributed by atoms with Crippen molar-refractivity contribution < 1.29 is 23.8 Å². The number of hydrogen-bond acceptors (Lipinski definition) is 5. The predicted octanol–water partition coefficient (Wildman–Crippen LogP) is 4.71. The Morgan fingerprint density at radius 3 is 2.39 bits per heavy atom. The van der Waals surface area contributed by atoms with Gasteiger partial charge in [0.2, 0.25) is 5.91 Å². The van der Waals surface area contributed by atoms with Crippen LogP contribution in [-0.2, 0) is 16.1 Å². The van der Waals surface area contributed by atoms with Gasteiger partial charge in [-0.2, -0.15) is 0 Å². The highest BCUT2D eigenvalue weighted by atomic mass is 16.5. The third-order valence-corrected chi connectivity index (χ3v) is 4.44. The van der Waals surface area contributed by atoms with Crippen LogP contribution in [0.25, 0.3) is 6.08 Å². The number of benzene rings is 3. The molecule has 1 amide bonds. The number of nitrogens with one attached hydrogen (secondary N) is 1. The smallest absolute Gasteiger partial charge is 0.339 e. The molecule has 0 aliphatic rings. The van der Waals surface area contributed by atoms with E-state index in [1.54, 1.807) is 49.6 Å².